The molecule has 1 aromatic carbocycles. The first-order chi connectivity index (χ1) is 10.7. The van der Waals surface area contributed by atoms with Gasteiger partial charge in [-0.1, -0.05) is 63.3 Å². The van der Waals surface area contributed by atoms with Crippen molar-refractivity contribution in [1.82, 2.24) is 0 Å². The lowest BCUT2D eigenvalue weighted by molar-refractivity contribution is 0.607. The predicted molar refractivity (Wildman–Crippen MR) is 101 cm³/mol. The standard InChI is InChI=1S/C21H29S/c1-4-5-6-7-8-9-10-19-11-13-20(14-12-19)21-15-17(2)22-18(3)16-21/h11-16H,4-10H2,1-3H3/q+1. The van der Waals surface area contributed by atoms with Crippen molar-refractivity contribution >= 4 is 11.3 Å². The van der Waals surface area contributed by atoms with Crippen LogP contribution in [0.25, 0.3) is 11.1 Å². The largest absolute Gasteiger partial charge is 0.217 e. The fourth-order valence-corrected chi connectivity index (χ4v) is 3.81. The maximum Gasteiger partial charge on any atom is 0.217 e. The third-order valence-corrected chi connectivity index (χ3v) is 5.03. The molecule has 0 bridgehead atoms. The normalized spacial score (nSPS) is 10.9. The summed E-state index contributed by atoms with van der Waals surface area (Å²) in [6, 6.07) is 13.8. The molecule has 0 atom stereocenters. The Morgan fingerprint density at radius 1 is 0.727 bits per heavy atom. The van der Waals surface area contributed by atoms with E-state index in [9.17, 15) is 0 Å². The van der Waals surface area contributed by atoms with Crippen LogP contribution in [-0.2, 0) is 6.42 Å². The first-order valence-electron chi connectivity index (χ1n) is 8.69. The number of aryl methyl sites for hydroxylation is 3. The summed E-state index contributed by atoms with van der Waals surface area (Å²) in [6.45, 7) is 6.65. The van der Waals surface area contributed by atoms with E-state index in [-0.39, 0.29) is 0 Å². The van der Waals surface area contributed by atoms with E-state index < -0.39 is 0 Å². The molecule has 0 unspecified atom stereocenters. The molecule has 0 saturated carbocycles. The van der Waals surface area contributed by atoms with E-state index in [0.717, 1.165) is 0 Å². The highest BCUT2D eigenvalue weighted by Crippen LogP contribution is 2.25. The van der Waals surface area contributed by atoms with Gasteiger partial charge in [0, 0.05) is 26.0 Å². The number of rotatable bonds is 8. The molecule has 0 aliphatic carbocycles. The van der Waals surface area contributed by atoms with Crippen LogP contribution in [0.15, 0.2) is 36.4 Å². The Balaban J connectivity index is 1.87. The Morgan fingerprint density at radius 2 is 1.32 bits per heavy atom. The van der Waals surface area contributed by atoms with Gasteiger partial charge in [-0.05, 0) is 29.5 Å². The highest BCUT2D eigenvalue weighted by atomic mass is 32.1. The minimum Gasteiger partial charge on any atom is -0.0654 e. The van der Waals surface area contributed by atoms with Gasteiger partial charge in [-0.25, -0.2) is 0 Å². The van der Waals surface area contributed by atoms with Crippen LogP contribution in [0.5, 0.6) is 0 Å². The zero-order valence-corrected chi connectivity index (χ0v) is 15.1. The van der Waals surface area contributed by atoms with E-state index in [0.29, 0.717) is 0 Å². The zero-order chi connectivity index (χ0) is 15.8. The molecule has 1 heterocycles. The molecule has 0 nitrogen and oxygen atoms in total. The molecule has 22 heavy (non-hydrogen) atoms. The lowest BCUT2D eigenvalue weighted by Gasteiger charge is -2.05. The molecule has 2 aromatic rings. The van der Waals surface area contributed by atoms with Crippen molar-refractivity contribution in [2.75, 3.05) is 0 Å². The quantitative estimate of drug-likeness (QED) is 0.356. The summed E-state index contributed by atoms with van der Waals surface area (Å²) in [6.07, 6.45) is 9.46. The molecule has 0 aliphatic heterocycles. The smallest absolute Gasteiger partial charge is 0.0654 e. The fraction of sp³-hybridized carbons (Fsp3) is 0.476. The van der Waals surface area contributed by atoms with Gasteiger partial charge in [0.2, 0.25) is 21.1 Å². The van der Waals surface area contributed by atoms with Crippen molar-refractivity contribution in [3.63, 3.8) is 0 Å². The maximum absolute atomic E-state index is 2.31. The van der Waals surface area contributed by atoms with Gasteiger partial charge in [-0.2, -0.15) is 0 Å². The third kappa shape index (κ3) is 5.53. The highest BCUT2D eigenvalue weighted by Gasteiger charge is 2.08. The fourth-order valence-electron chi connectivity index (χ4n) is 2.93. The van der Waals surface area contributed by atoms with E-state index in [1.807, 2.05) is 11.3 Å². The van der Waals surface area contributed by atoms with Crippen molar-refractivity contribution in [2.24, 2.45) is 0 Å². The van der Waals surface area contributed by atoms with Gasteiger partial charge in [0.15, 0.2) is 0 Å². The van der Waals surface area contributed by atoms with Gasteiger partial charge in [-0.15, -0.1) is 0 Å². The molecular formula is C21H29S+. The van der Waals surface area contributed by atoms with E-state index in [4.69, 9.17) is 0 Å². The van der Waals surface area contributed by atoms with Crippen LogP contribution in [-0.4, -0.2) is 0 Å². The summed E-state index contributed by atoms with van der Waals surface area (Å²) in [5.74, 6) is 0. The Hall–Kier alpha value is -1.21. The van der Waals surface area contributed by atoms with Crippen molar-refractivity contribution in [3.05, 3.63) is 51.7 Å². The predicted octanol–water partition coefficient (Wildman–Crippen LogP) is 7.22. The van der Waals surface area contributed by atoms with Crippen LogP contribution in [0, 0.1) is 13.8 Å². The Kier molecular flexibility index (Phi) is 7.05. The second-order valence-electron chi connectivity index (χ2n) is 6.28. The van der Waals surface area contributed by atoms with E-state index >= 15 is 0 Å². The van der Waals surface area contributed by atoms with Gasteiger partial charge in [0.05, 0.1) is 0 Å². The highest BCUT2D eigenvalue weighted by molar-refractivity contribution is 7.11. The molecule has 0 aliphatic rings. The Bertz CT molecular complexity index is 549. The number of hydrogen-bond donors (Lipinski definition) is 0. The SMILES string of the molecule is CCCCCCCCc1ccc(-c2cc(C)[s+]c(C)c2)cc1. The van der Waals surface area contributed by atoms with Crippen LogP contribution in [0.2, 0.25) is 0 Å². The molecule has 0 N–H and O–H groups in total. The average Bonchev–Trinajstić information content (AvgIpc) is 2.50. The minimum absolute atomic E-state index is 1.22. The van der Waals surface area contributed by atoms with Crippen molar-refractivity contribution < 1.29 is 0 Å². The Morgan fingerprint density at radius 3 is 1.95 bits per heavy atom. The molecule has 0 radical (unpaired) electrons. The van der Waals surface area contributed by atoms with Crippen molar-refractivity contribution in [3.8, 4) is 11.1 Å². The van der Waals surface area contributed by atoms with Crippen LogP contribution < -0.4 is 0 Å². The number of benzene rings is 1. The molecular weight excluding hydrogens is 284 g/mol. The van der Waals surface area contributed by atoms with Gasteiger partial charge < -0.3 is 0 Å². The van der Waals surface area contributed by atoms with Gasteiger partial charge in [0.1, 0.15) is 0 Å². The Labute approximate surface area is 140 Å². The van der Waals surface area contributed by atoms with Gasteiger partial charge >= 0.3 is 0 Å². The molecule has 0 amide bonds. The van der Waals surface area contributed by atoms with Crippen molar-refractivity contribution in [2.45, 2.75) is 65.7 Å². The van der Waals surface area contributed by atoms with Crippen LogP contribution >= 0.6 is 11.3 Å². The van der Waals surface area contributed by atoms with E-state index in [2.05, 4.69) is 57.2 Å². The average molecular weight is 314 g/mol. The second-order valence-corrected chi connectivity index (χ2v) is 7.77. The third-order valence-electron chi connectivity index (χ3n) is 4.15. The lowest BCUT2D eigenvalue weighted by atomic mass is 10.0. The van der Waals surface area contributed by atoms with Crippen LogP contribution in [0.1, 0.15) is 60.8 Å². The van der Waals surface area contributed by atoms with Gasteiger partial charge in [0.25, 0.3) is 0 Å². The first kappa shape index (κ1) is 17.1. The first-order valence-corrected chi connectivity index (χ1v) is 9.51. The van der Waals surface area contributed by atoms with Crippen LogP contribution in [0.3, 0.4) is 0 Å². The number of unbranched alkanes of at least 4 members (excludes halogenated alkanes) is 5. The van der Waals surface area contributed by atoms with E-state index in [1.165, 1.54) is 71.4 Å². The maximum atomic E-state index is 2.31. The summed E-state index contributed by atoms with van der Waals surface area (Å²) in [4.78, 5) is 2.76. The molecule has 1 aromatic heterocycles. The number of hydrogen-bond acceptors (Lipinski definition) is 0. The monoisotopic (exact) mass is 313 g/mol. The molecule has 0 spiro atoms. The van der Waals surface area contributed by atoms with Gasteiger partial charge in [-0.3, -0.25) is 0 Å². The molecule has 2 rings (SSSR count). The van der Waals surface area contributed by atoms with E-state index in [1.54, 1.807) is 0 Å². The van der Waals surface area contributed by atoms with Crippen molar-refractivity contribution in [1.29, 1.82) is 0 Å². The summed E-state index contributed by atoms with van der Waals surface area (Å²) in [5.41, 5.74) is 4.16. The van der Waals surface area contributed by atoms with Crippen LogP contribution in [0.4, 0.5) is 0 Å². The molecule has 1 heteroatoms. The zero-order valence-electron chi connectivity index (χ0n) is 14.3. The lowest BCUT2D eigenvalue weighted by Crippen LogP contribution is -1.87. The molecule has 118 valence electrons. The summed E-state index contributed by atoms with van der Waals surface area (Å²) >= 11 is 1.86. The summed E-state index contributed by atoms with van der Waals surface area (Å²) in [5, 5.41) is 0. The minimum atomic E-state index is 1.22. The topological polar surface area (TPSA) is 0 Å². The summed E-state index contributed by atoms with van der Waals surface area (Å²) in [7, 11) is 0. The summed E-state index contributed by atoms with van der Waals surface area (Å²) < 4.78 is 0. The molecule has 0 saturated heterocycles. The second kappa shape index (κ2) is 9.05. The molecule has 0 fully saturated rings.